The number of carbonyl (C=O) groups excluding carboxylic acids is 1. The van der Waals surface area contributed by atoms with Gasteiger partial charge < -0.3 is 10.3 Å². The Hall–Kier alpha value is -4.59. The van der Waals surface area contributed by atoms with E-state index in [0.717, 1.165) is 5.56 Å². The van der Waals surface area contributed by atoms with Crippen molar-refractivity contribution in [3.05, 3.63) is 100 Å². The van der Waals surface area contributed by atoms with Gasteiger partial charge in [0.05, 0.1) is 21.9 Å². The molecule has 160 valence electrons. The van der Waals surface area contributed by atoms with Crippen LogP contribution in [0.3, 0.4) is 0 Å². The molecule has 0 saturated heterocycles. The molecular weight excluding hydrogens is 421 g/mol. The van der Waals surface area contributed by atoms with Gasteiger partial charge in [0.15, 0.2) is 5.65 Å². The Balaban J connectivity index is 1.62. The van der Waals surface area contributed by atoms with Crippen molar-refractivity contribution in [2.75, 3.05) is 0 Å². The number of fused-ring (bicyclic) bond motifs is 6. The SMILES string of the molecule is O=C(NCc1ccc(F)cc1)c1c2nc3ccccc3nc2n2c1[nH]c(=O)c1ccccc12. The highest BCUT2D eigenvalue weighted by Gasteiger charge is 2.24. The van der Waals surface area contributed by atoms with Crippen LogP contribution < -0.4 is 10.9 Å². The fourth-order valence-electron chi connectivity index (χ4n) is 4.12. The lowest BCUT2D eigenvalue weighted by molar-refractivity contribution is 0.0954. The van der Waals surface area contributed by atoms with Crippen LogP contribution in [0.25, 0.3) is 38.7 Å². The first kappa shape index (κ1) is 19.1. The number of amides is 1. The number of aromatic nitrogens is 4. The van der Waals surface area contributed by atoms with Crippen molar-refractivity contribution in [3.8, 4) is 0 Å². The van der Waals surface area contributed by atoms with Gasteiger partial charge in [-0.1, -0.05) is 36.4 Å². The van der Waals surface area contributed by atoms with E-state index in [1.807, 2.05) is 36.4 Å². The number of nitrogens with one attached hydrogen (secondary N) is 2. The van der Waals surface area contributed by atoms with E-state index in [1.165, 1.54) is 12.1 Å². The summed E-state index contributed by atoms with van der Waals surface area (Å²) in [6.45, 7) is 0.191. The number of carbonyl (C=O) groups is 1. The van der Waals surface area contributed by atoms with Crippen LogP contribution in [-0.2, 0) is 6.54 Å². The Morgan fingerprint density at radius 1 is 0.939 bits per heavy atom. The molecule has 0 unspecified atom stereocenters. The minimum Gasteiger partial charge on any atom is -0.348 e. The number of benzene rings is 3. The zero-order valence-corrected chi connectivity index (χ0v) is 17.2. The van der Waals surface area contributed by atoms with Gasteiger partial charge >= 0.3 is 0 Å². The monoisotopic (exact) mass is 437 g/mol. The van der Waals surface area contributed by atoms with Gasteiger partial charge in [-0.05, 0) is 42.0 Å². The quantitative estimate of drug-likeness (QED) is 0.439. The van der Waals surface area contributed by atoms with Gasteiger partial charge in [0.2, 0.25) is 0 Å². The van der Waals surface area contributed by atoms with Crippen LogP contribution in [0.2, 0.25) is 0 Å². The van der Waals surface area contributed by atoms with Crippen LogP contribution >= 0.6 is 0 Å². The summed E-state index contributed by atoms with van der Waals surface area (Å²) in [5, 5.41) is 3.34. The Morgan fingerprint density at radius 3 is 2.42 bits per heavy atom. The number of hydrogen-bond acceptors (Lipinski definition) is 4. The molecule has 3 aromatic heterocycles. The third kappa shape index (κ3) is 3.03. The number of H-pyrrole nitrogens is 1. The van der Waals surface area contributed by atoms with Gasteiger partial charge in [-0.3, -0.25) is 14.0 Å². The molecule has 33 heavy (non-hydrogen) atoms. The van der Waals surface area contributed by atoms with E-state index < -0.39 is 5.91 Å². The molecule has 0 saturated carbocycles. The summed E-state index contributed by atoms with van der Waals surface area (Å²) in [5.74, 6) is -0.761. The van der Waals surface area contributed by atoms with Crippen LogP contribution in [0.15, 0.2) is 77.6 Å². The zero-order chi connectivity index (χ0) is 22.5. The van der Waals surface area contributed by atoms with Crippen molar-refractivity contribution in [2.45, 2.75) is 6.54 Å². The van der Waals surface area contributed by atoms with Crippen molar-refractivity contribution < 1.29 is 9.18 Å². The number of aromatic amines is 1. The molecule has 0 spiro atoms. The predicted octanol–water partition coefficient (Wildman–Crippen LogP) is 3.95. The van der Waals surface area contributed by atoms with Crippen molar-refractivity contribution in [1.29, 1.82) is 0 Å². The van der Waals surface area contributed by atoms with Gasteiger partial charge in [-0.15, -0.1) is 0 Å². The van der Waals surface area contributed by atoms with Crippen molar-refractivity contribution in [1.82, 2.24) is 24.7 Å². The summed E-state index contributed by atoms with van der Waals surface area (Å²) in [5.41, 5.74) is 3.79. The van der Waals surface area contributed by atoms with Crippen molar-refractivity contribution >= 4 is 44.7 Å². The first-order chi connectivity index (χ1) is 16.1. The maximum absolute atomic E-state index is 13.4. The minimum absolute atomic E-state index is 0.191. The highest BCUT2D eigenvalue weighted by molar-refractivity contribution is 6.13. The summed E-state index contributed by atoms with van der Waals surface area (Å²) in [6, 6.07) is 20.4. The number of hydrogen-bond donors (Lipinski definition) is 2. The zero-order valence-electron chi connectivity index (χ0n) is 17.2. The number of para-hydroxylation sites is 3. The van der Waals surface area contributed by atoms with Crippen LogP contribution in [0, 0.1) is 5.82 Å². The highest BCUT2D eigenvalue weighted by atomic mass is 19.1. The molecule has 0 atom stereocenters. The van der Waals surface area contributed by atoms with E-state index in [-0.39, 0.29) is 23.5 Å². The second-order valence-corrected chi connectivity index (χ2v) is 7.72. The van der Waals surface area contributed by atoms with Crippen molar-refractivity contribution in [3.63, 3.8) is 0 Å². The molecule has 6 rings (SSSR count). The number of rotatable bonds is 3. The number of nitrogens with zero attached hydrogens (tertiary/aromatic N) is 3. The Kier molecular flexibility index (Phi) is 4.19. The van der Waals surface area contributed by atoms with Gasteiger partial charge in [-0.2, -0.15) is 0 Å². The van der Waals surface area contributed by atoms with Gasteiger partial charge in [0, 0.05) is 6.54 Å². The maximum Gasteiger partial charge on any atom is 0.258 e. The topological polar surface area (TPSA) is 92.2 Å². The molecule has 0 bridgehead atoms. The first-order valence-corrected chi connectivity index (χ1v) is 10.3. The fraction of sp³-hybridized carbons (Fsp3) is 0.0400. The Labute approximate surface area is 185 Å². The van der Waals surface area contributed by atoms with Gasteiger partial charge in [-0.25, -0.2) is 14.4 Å². The summed E-state index contributed by atoms with van der Waals surface area (Å²) < 4.78 is 15.0. The third-order valence-corrected chi connectivity index (χ3v) is 5.68. The van der Waals surface area contributed by atoms with Gasteiger partial charge in [0.1, 0.15) is 22.5 Å². The molecule has 0 radical (unpaired) electrons. The highest BCUT2D eigenvalue weighted by Crippen LogP contribution is 2.27. The lowest BCUT2D eigenvalue weighted by Crippen LogP contribution is -2.23. The average molecular weight is 437 g/mol. The second-order valence-electron chi connectivity index (χ2n) is 7.72. The van der Waals surface area contributed by atoms with Crippen molar-refractivity contribution in [2.24, 2.45) is 0 Å². The molecule has 3 aromatic carbocycles. The maximum atomic E-state index is 13.4. The second kappa shape index (κ2) is 7.23. The lowest BCUT2D eigenvalue weighted by Gasteiger charge is -2.06. The van der Waals surface area contributed by atoms with E-state index in [4.69, 9.17) is 9.97 Å². The third-order valence-electron chi connectivity index (χ3n) is 5.68. The average Bonchev–Trinajstić information content (AvgIpc) is 3.15. The van der Waals surface area contributed by atoms with E-state index in [9.17, 15) is 14.0 Å². The molecule has 0 fully saturated rings. The minimum atomic E-state index is -0.415. The molecule has 3 heterocycles. The van der Waals surface area contributed by atoms with E-state index in [2.05, 4.69) is 10.3 Å². The van der Waals surface area contributed by atoms with Crippen LogP contribution in [0.4, 0.5) is 4.39 Å². The summed E-state index contributed by atoms with van der Waals surface area (Å²) in [4.78, 5) is 38.5. The Bertz CT molecular complexity index is 1770. The van der Waals surface area contributed by atoms with E-state index in [0.29, 0.717) is 38.7 Å². The normalized spacial score (nSPS) is 11.5. The van der Waals surface area contributed by atoms with Crippen LogP contribution in [0.1, 0.15) is 15.9 Å². The fourth-order valence-corrected chi connectivity index (χ4v) is 4.12. The smallest absolute Gasteiger partial charge is 0.258 e. The van der Waals surface area contributed by atoms with E-state index in [1.54, 1.807) is 28.7 Å². The molecule has 2 N–H and O–H groups in total. The lowest BCUT2D eigenvalue weighted by atomic mass is 10.2. The molecule has 7 nitrogen and oxygen atoms in total. The molecule has 0 aliphatic heterocycles. The summed E-state index contributed by atoms with van der Waals surface area (Å²) in [7, 11) is 0. The largest absolute Gasteiger partial charge is 0.348 e. The molecule has 1 amide bonds. The number of halogens is 1. The molecule has 6 aromatic rings. The van der Waals surface area contributed by atoms with Crippen LogP contribution in [-0.4, -0.2) is 25.3 Å². The predicted molar refractivity (Wildman–Crippen MR) is 124 cm³/mol. The first-order valence-electron chi connectivity index (χ1n) is 10.3. The van der Waals surface area contributed by atoms with Gasteiger partial charge in [0.25, 0.3) is 11.5 Å². The molecular formula is C25H16FN5O2. The molecule has 0 aliphatic rings. The van der Waals surface area contributed by atoms with E-state index >= 15 is 0 Å². The standard InChI is InChI=1S/C25H16FN5O2/c26-15-11-9-14(10-12-15)13-27-25(33)20-21-23(29-18-7-3-2-6-17(18)28-21)31-19-8-4-1-5-16(19)24(32)30-22(20)31/h1-12H,13H2,(H,27,33)(H,30,32). The Morgan fingerprint density at radius 2 is 1.64 bits per heavy atom. The summed E-state index contributed by atoms with van der Waals surface area (Å²) >= 11 is 0. The van der Waals surface area contributed by atoms with Crippen LogP contribution in [0.5, 0.6) is 0 Å². The summed E-state index contributed by atoms with van der Waals surface area (Å²) in [6.07, 6.45) is 0. The molecule has 0 aliphatic carbocycles. The molecule has 8 heteroatoms.